The first kappa shape index (κ1) is 28.8. The summed E-state index contributed by atoms with van der Waals surface area (Å²) in [5.74, 6) is -0.839. The summed E-state index contributed by atoms with van der Waals surface area (Å²) in [6.07, 6.45) is 4.13. The summed E-state index contributed by atoms with van der Waals surface area (Å²) in [6, 6.07) is 28.6. The quantitative estimate of drug-likeness (QED) is 0.178. The molecule has 1 aliphatic rings. The van der Waals surface area contributed by atoms with Crippen LogP contribution in [0.3, 0.4) is 0 Å². The van der Waals surface area contributed by atoms with Crippen LogP contribution in [0.25, 0.3) is 11.3 Å². The third-order valence-electron chi connectivity index (χ3n) is 7.59. The minimum absolute atomic E-state index is 0.00834. The van der Waals surface area contributed by atoms with Crippen LogP contribution in [0.1, 0.15) is 28.2 Å². The predicted molar refractivity (Wildman–Crippen MR) is 163 cm³/mol. The minimum atomic E-state index is -4.10. The second-order valence-electron chi connectivity index (χ2n) is 10.3. The van der Waals surface area contributed by atoms with Crippen LogP contribution in [0, 0.1) is 5.82 Å². The molecule has 218 valence electrons. The highest BCUT2D eigenvalue weighted by atomic mass is 35.5. The number of carbonyl (C=O) groups is 1. The van der Waals surface area contributed by atoms with E-state index in [2.05, 4.69) is 28.5 Å². The second-order valence-corrected chi connectivity index (χ2v) is 12.6. The Balaban J connectivity index is 1.24. The zero-order chi connectivity index (χ0) is 30.0. The first-order chi connectivity index (χ1) is 20.8. The van der Waals surface area contributed by atoms with E-state index in [1.807, 2.05) is 36.4 Å². The molecule has 1 amide bonds. The lowest BCUT2D eigenvalue weighted by Crippen LogP contribution is -2.46. The topological polar surface area (TPSA) is 84.3 Å². The molecule has 0 bridgehead atoms. The number of benzene rings is 3. The molecule has 0 spiro atoms. The van der Waals surface area contributed by atoms with Gasteiger partial charge in [-0.2, -0.15) is 0 Å². The number of carbonyl (C=O) groups excluding carboxylic acids is 1. The Kier molecular flexibility index (Phi) is 8.12. The van der Waals surface area contributed by atoms with Crippen LogP contribution in [-0.2, 0) is 27.9 Å². The van der Waals surface area contributed by atoms with Gasteiger partial charge in [-0.15, -0.1) is 0 Å². The number of rotatable bonds is 8. The van der Waals surface area contributed by atoms with Crippen LogP contribution in [0.4, 0.5) is 4.39 Å². The van der Waals surface area contributed by atoms with Crippen molar-refractivity contribution in [1.82, 2.24) is 19.2 Å². The van der Waals surface area contributed by atoms with E-state index in [4.69, 9.17) is 11.6 Å². The molecule has 0 radical (unpaired) electrons. The Morgan fingerprint density at radius 1 is 1.00 bits per heavy atom. The van der Waals surface area contributed by atoms with Gasteiger partial charge in [-0.3, -0.25) is 15.1 Å². The second kappa shape index (κ2) is 12.1. The number of halogens is 2. The van der Waals surface area contributed by atoms with Gasteiger partial charge in [0.1, 0.15) is 10.7 Å². The number of nitrogens with zero attached hydrogens (tertiary/aromatic N) is 3. The predicted octanol–water partition coefficient (Wildman–Crippen LogP) is 5.76. The van der Waals surface area contributed by atoms with Crippen molar-refractivity contribution in [2.45, 2.75) is 29.4 Å². The summed E-state index contributed by atoms with van der Waals surface area (Å²) < 4.78 is 43.0. The molecular formula is C33H28ClFN4O3S. The molecule has 3 aromatic carbocycles. The van der Waals surface area contributed by atoms with Crippen molar-refractivity contribution in [3.63, 3.8) is 0 Å². The van der Waals surface area contributed by atoms with Gasteiger partial charge in [0.15, 0.2) is 5.50 Å². The maximum Gasteiger partial charge on any atom is 0.269 e. The van der Waals surface area contributed by atoms with Crippen LogP contribution in [0.5, 0.6) is 0 Å². The van der Waals surface area contributed by atoms with Crippen molar-refractivity contribution < 1.29 is 17.6 Å². The molecule has 43 heavy (non-hydrogen) atoms. The third-order valence-corrected chi connectivity index (χ3v) is 9.59. The van der Waals surface area contributed by atoms with Crippen LogP contribution in [0.15, 0.2) is 121 Å². The average Bonchev–Trinajstić information content (AvgIpc) is 3.49. The summed E-state index contributed by atoms with van der Waals surface area (Å²) in [4.78, 5) is 19.2. The van der Waals surface area contributed by atoms with Gasteiger partial charge in [-0.1, -0.05) is 78.3 Å². The van der Waals surface area contributed by atoms with Crippen molar-refractivity contribution in [2.24, 2.45) is 0 Å². The molecule has 2 atom stereocenters. The maximum absolute atomic E-state index is 14.8. The van der Waals surface area contributed by atoms with Gasteiger partial charge in [-0.25, -0.2) is 16.8 Å². The standard InChI is InChI=1S/C33H28ClFN4O3S/c34-32(33(40)38-21-25-11-4-5-13-27(25)29(22-38)24-9-2-1-3-10-24)37-18-23-17-31(28-14-6-7-15-30(28)35)39(20-23)43(41,42)26-12-8-16-36-19-26/h1-17,19-20,29,32,37H,18,21-22H2. The Morgan fingerprint density at radius 3 is 2.51 bits per heavy atom. The summed E-state index contributed by atoms with van der Waals surface area (Å²) in [6.45, 7) is 0.978. The monoisotopic (exact) mass is 614 g/mol. The number of fused-ring (bicyclic) bond motifs is 1. The van der Waals surface area contributed by atoms with Gasteiger partial charge in [-0.05, 0) is 52.6 Å². The van der Waals surface area contributed by atoms with Gasteiger partial charge in [0, 0.05) is 49.7 Å². The molecule has 7 nitrogen and oxygen atoms in total. The maximum atomic E-state index is 14.8. The number of nitrogens with one attached hydrogen (secondary N) is 1. The van der Waals surface area contributed by atoms with E-state index in [1.54, 1.807) is 17.0 Å². The van der Waals surface area contributed by atoms with E-state index in [-0.39, 0.29) is 34.5 Å². The molecule has 3 heterocycles. The molecule has 1 N–H and O–H groups in total. The van der Waals surface area contributed by atoms with Crippen LogP contribution in [-0.4, -0.2) is 40.2 Å². The normalized spacial score (nSPS) is 15.6. The number of hydrogen-bond acceptors (Lipinski definition) is 5. The number of hydrogen-bond donors (Lipinski definition) is 1. The molecule has 0 fully saturated rings. The SMILES string of the molecule is O=C(C(Cl)NCc1cc(-c2ccccc2F)n(S(=O)(=O)c2cccnc2)c1)N1Cc2ccccc2C(c2ccccc2)C1. The first-order valence-electron chi connectivity index (χ1n) is 13.7. The zero-order valence-corrected chi connectivity index (χ0v) is 24.5. The summed E-state index contributed by atoms with van der Waals surface area (Å²) in [5.41, 5.74) is 3.07. The lowest BCUT2D eigenvalue weighted by molar-refractivity contribution is -0.132. The number of pyridine rings is 1. The Bertz CT molecular complexity index is 1870. The number of aromatic nitrogens is 2. The highest BCUT2D eigenvalue weighted by molar-refractivity contribution is 7.90. The fraction of sp³-hybridized carbons (Fsp3) is 0.152. The molecule has 2 aromatic heterocycles. The molecule has 1 aliphatic heterocycles. The van der Waals surface area contributed by atoms with Crippen LogP contribution >= 0.6 is 11.6 Å². The highest BCUT2D eigenvalue weighted by Gasteiger charge is 2.32. The van der Waals surface area contributed by atoms with E-state index in [1.165, 1.54) is 54.5 Å². The van der Waals surface area contributed by atoms with Crippen LogP contribution in [0.2, 0.25) is 0 Å². The fourth-order valence-electron chi connectivity index (χ4n) is 5.47. The molecule has 0 aliphatic carbocycles. The zero-order valence-electron chi connectivity index (χ0n) is 23.0. The van der Waals surface area contributed by atoms with E-state index < -0.39 is 21.3 Å². The van der Waals surface area contributed by atoms with E-state index in [9.17, 15) is 17.6 Å². The Morgan fingerprint density at radius 2 is 1.74 bits per heavy atom. The van der Waals surface area contributed by atoms with E-state index >= 15 is 0 Å². The third kappa shape index (κ3) is 5.84. The lowest BCUT2D eigenvalue weighted by Gasteiger charge is -2.36. The summed E-state index contributed by atoms with van der Waals surface area (Å²) in [7, 11) is -4.10. The molecule has 0 saturated heterocycles. The summed E-state index contributed by atoms with van der Waals surface area (Å²) >= 11 is 6.61. The van der Waals surface area contributed by atoms with Gasteiger partial charge < -0.3 is 4.90 Å². The summed E-state index contributed by atoms with van der Waals surface area (Å²) in [5, 5.41) is 3.03. The van der Waals surface area contributed by atoms with Crippen molar-refractivity contribution in [2.75, 3.05) is 6.54 Å². The molecule has 2 unspecified atom stereocenters. The van der Waals surface area contributed by atoms with Crippen LogP contribution < -0.4 is 5.32 Å². The molecule has 6 rings (SSSR count). The Labute approximate surface area is 254 Å². The van der Waals surface area contributed by atoms with Gasteiger partial charge in [0.25, 0.3) is 15.9 Å². The molecule has 0 saturated carbocycles. The van der Waals surface area contributed by atoms with Gasteiger partial charge in [0.2, 0.25) is 0 Å². The van der Waals surface area contributed by atoms with Crippen molar-refractivity contribution in [1.29, 1.82) is 0 Å². The van der Waals surface area contributed by atoms with Crippen molar-refractivity contribution in [3.05, 3.63) is 144 Å². The molecular weight excluding hydrogens is 587 g/mol. The largest absolute Gasteiger partial charge is 0.335 e. The first-order valence-corrected chi connectivity index (χ1v) is 15.6. The highest BCUT2D eigenvalue weighted by Crippen LogP contribution is 2.34. The smallest absolute Gasteiger partial charge is 0.269 e. The van der Waals surface area contributed by atoms with Crippen molar-refractivity contribution in [3.8, 4) is 11.3 Å². The average molecular weight is 615 g/mol. The van der Waals surface area contributed by atoms with E-state index in [0.717, 1.165) is 15.1 Å². The lowest BCUT2D eigenvalue weighted by atomic mass is 9.84. The fourth-order valence-corrected chi connectivity index (χ4v) is 7.04. The molecule has 10 heteroatoms. The van der Waals surface area contributed by atoms with Gasteiger partial charge in [0.05, 0.1) is 5.69 Å². The van der Waals surface area contributed by atoms with Crippen molar-refractivity contribution >= 4 is 27.5 Å². The Hall–Kier alpha value is -4.31. The number of amides is 1. The van der Waals surface area contributed by atoms with E-state index in [0.29, 0.717) is 18.7 Å². The number of alkyl halides is 1. The van der Waals surface area contributed by atoms with Gasteiger partial charge >= 0.3 is 0 Å². The minimum Gasteiger partial charge on any atom is -0.335 e. The molecule has 5 aromatic rings.